The number of carbonyl (C=O) groups excluding carboxylic acids is 2. The number of morpholine rings is 1. The van der Waals surface area contributed by atoms with E-state index in [-0.39, 0.29) is 18.7 Å². The van der Waals surface area contributed by atoms with E-state index < -0.39 is 23.8 Å². The number of benzene rings is 1. The third-order valence-corrected chi connectivity index (χ3v) is 3.17. The maximum Gasteiger partial charge on any atom is 0.336 e. The Kier molecular flexibility index (Phi) is 4.34. The van der Waals surface area contributed by atoms with E-state index in [9.17, 15) is 14.0 Å². The second kappa shape index (κ2) is 6.00. The number of hydrogen-bond acceptors (Lipinski definition) is 4. The Hall–Kier alpha value is -1.95. The maximum atomic E-state index is 13.7. The zero-order valence-electron chi connectivity index (χ0n) is 11.4. The van der Waals surface area contributed by atoms with Gasteiger partial charge >= 0.3 is 5.97 Å². The Morgan fingerprint density at radius 2 is 2.20 bits per heavy atom. The molecule has 0 radical (unpaired) electrons. The SMILES string of the molecule is COC(=O)C1CN(C(=O)c2cc(C)ccc2F)CCO1. The molecule has 20 heavy (non-hydrogen) atoms. The fourth-order valence-corrected chi connectivity index (χ4v) is 2.08. The molecule has 1 amide bonds. The summed E-state index contributed by atoms with van der Waals surface area (Å²) in [6.45, 7) is 2.39. The first kappa shape index (κ1) is 14.5. The minimum absolute atomic E-state index is 0.00974. The van der Waals surface area contributed by atoms with Gasteiger partial charge in [-0.3, -0.25) is 4.79 Å². The Bertz CT molecular complexity index is 532. The Balaban J connectivity index is 2.16. The van der Waals surface area contributed by atoms with Gasteiger partial charge in [-0.1, -0.05) is 11.6 Å². The smallest absolute Gasteiger partial charge is 0.336 e. The predicted molar refractivity (Wildman–Crippen MR) is 68.8 cm³/mol. The van der Waals surface area contributed by atoms with Crippen molar-refractivity contribution < 1.29 is 23.5 Å². The van der Waals surface area contributed by atoms with Gasteiger partial charge in [-0.2, -0.15) is 0 Å². The number of halogens is 1. The minimum atomic E-state index is -0.814. The molecule has 0 bridgehead atoms. The van der Waals surface area contributed by atoms with Gasteiger partial charge in [-0.05, 0) is 19.1 Å². The second-order valence-corrected chi connectivity index (χ2v) is 4.62. The summed E-state index contributed by atoms with van der Waals surface area (Å²) in [5.74, 6) is -1.54. The molecule has 1 saturated heterocycles. The minimum Gasteiger partial charge on any atom is -0.467 e. The van der Waals surface area contributed by atoms with Crippen LogP contribution in [0.3, 0.4) is 0 Å². The van der Waals surface area contributed by atoms with Crippen LogP contribution in [0.1, 0.15) is 15.9 Å². The normalized spacial score (nSPS) is 18.8. The molecule has 6 heteroatoms. The van der Waals surface area contributed by atoms with E-state index >= 15 is 0 Å². The van der Waals surface area contributed by atoms with E-state index in [0.717, 1.165) is 5.56 Å². The molecule has 1 atom stereocenters. The summed E-state index contributed by atoms with van der Waals surface area (Å²) >= 11 is 0. The highest BCUT2D eigenvalue weighted by Crippen LogP contribution is 2.15. The fraction of sp³-hybridized carbons (Fsp3) is 0.429. The standard InChI is InChI=1S/C14H16FNO4/c1-9-3-4-11(15)10(7-9)13(17)16-5-6-20-12(8-16)14(18)19-2/h3-4,7,12H,5-6,8H2,1-2H3. The van der Waals surface area contributed by atoms with Crippen LogP contribution in [0.2, 0.25) is 0 Å². The molecule has 1 heterocycles. The van der Waals surface area contributed by atoms with Crippen LogP contribution in [-0.2, 0) is 14.3 Å². The first-order valence-corrected chi connectivity index (χ1v) is 6.27. The van der Waals surface area contributed by atoms with Crippen LogP contribution in [0.15, 0.2) is 18.2 Å². The average Bonchev–Trinajstić information content (AvgIpc) is 2.48. The lowest BCUT2D eigenvalue weighted by Crippen LogP contribution is -2.49. The molecule has 0 N–H and O–H groups in total. The molecule has 0 spiro atoms. The first-order chi connectivity index (χ1) is 9.52. The van der Waals surface area contributed by atoms with Gasteiger partial charge in [-0.15, -0.1) is 0 Å². The first-order valence-electron chi connectivity index (χ1n) is 6.27. The molecular formula is C14H16FNO4. The fourth-order valence-electron chi connectivity index (χ4n) is 2.08. The van der Waals surface area contributed by atoms with E-state index in [1.807, 2.05) is 0 Å². The summed E-state index contributed by atoms with van der Waals surface area (Å²) in [5, 5.41) is 0. The lowest BCUT2D eigenvalue weighted by atomic mass is 10.1. The van der Waals surface area contributed by atoms with Crippen LogP contribution in [0.25, 0.3) is 0 Å². The van der Waals surface area contributed by atoms with Gasteiger partial charge in [0.25, 0.3) is 5.91 Å². The highest BCUT2D eigenvalue weighted by molar-refractivity contribution is 5.95. The third-order valence-electron chi connectivity index (χ3n) is 3.17. The number of nitrogens with zero attached hydrogens (tertiary/aromatic N) is 1. The summed E-state index contributed by atoms with van der Waals surface area (Å²) in [6, 6.07) is 4.36. The molecule has 1 aliphatic rings. The number of esters is 1. The van der Waals surface area contributed by atoms with E-state index in [4.69, 9.17) is 4.74 Å². The van der Waals surface area contributed by atoms with Crippen LogP contribution >= 0.6 is 0 Å². The highest BCUT2D eigenvalue weighted by Gasteiger charge is 2.31. The second-order valence-electron chi connectivity index (χ2n) is 4.62. The van der Waals surface area contributed by atoms with Crippen LogP contribution in [0, 0.1) is 12.7 Å². The van der Waals surface area contributed by atoms with Crippen LogP contribution in [-0.4, -0.2) is 49.7 Å². The molecule has 108 valence electrons. The number of carbonyl (C=O) groups is 2. The van der Waals surface area contributed by atoms with Crippen molar-refractivity contribution in [2.75, 3.05) is 26.8 Å². The lowest BCUT2D eigenvalue weighted by Gasteiger charge is -2.31. The summed E-state index contributed by atoms with van der Waals surface area (Å²) in [7, 11) is 1.26. The van der Waals surface area contributed by atoms with Crippen molar-refractivity contribution in [2.45, 2.75) is 13.0 Å². The van der Waals surface area contributed by atoms with Gasteiger partial charge < -0.3 is 14.4 Å². The Labute approximate surface area is 116 Å². The van der Waals surface area contributed by atoms with Crippen molar-refractivity contribution >= 4 is 11.9 Å². The van der Waals surface area contributed by atoms with Gasteiger partial charge in [0.05, 0.1) is 25.8 Å². The summed E-state index contributed by atoms with van der Waals surface area (Å²) in [4.78, 5) is 25.1. The predicted octanol–water partition coefficient (Wildman–Crippen LogP) is 1.15. The molecule has 2 rings (SSSR count). The van der Waals surface area contributed by atoms with Gasteiger partial charge in [0.1, 0.15) is 5.82 Å². The Morgan fingerprint density at radius 3 is 2.90 bits per heavy atom. The summed E-state index contributed by atoms with van der Waals surface area (Å²) in [6.07, 6.45) is -0.814. The molecule has 0 saturated carbocycles. The summed E-state index contributed by atoms with van der Waals surface area (Å²) in [5.41, 5.74) is 0.808. The van der Waals surface area contributed by atoms with E-state index in [0.29, 0.717) is 6.54 Å². The number of ether oxygens (including phenoxy) is 2. The quantitative estimate of drug-likeness (QED) is 0.763. The number of methoxy groups -OCH3 is 1. The largest absolute Gasteiger partial charge is 0.467 e. The van der Waals surface area contributed by atoms with Crippen molar-refractivity contribution in [3.8, 4) is 0 Å². The molecule has 1 aromatic rings. The molecule has 1 fully saturated rings. The zero-order chi connectivity index (χ0) is 14.7. The Morgan fingerprint density at radius 1 is 1.45 bits per heavy atom. The van der Waals surface area contributed by atoms with Crippen molar-refractivity contribution in [3.63, 3.8) is 0 Å². The van der Waals surface area contributed by atoms with Gasteiger partial charge in [0.15, 0.2) is 6.10 Å². The van der Waals surface area contributed by atoms with E-state index in [1.54, 1.807) is 13.0 Å². The van der Waals surface area contributed by atoms with Gasteiger partial charge in [0, 0.05) is 6.54 Å². The molecule has 0 aliphatic carbocycles. The monoisotopic (exact) mass is 281 g/mol. The highest BCUT2D eigenvalue weighted by atomic mass is 19.1. The number of rotatable bonds is 2. The maximum absolute atomic E-state index is 13.7. The van der Waals surface area contributed by atoms with Crippen molar-refractivity contribution in [1.29, 1.82) is 0 Å². The molecule has 1 unspecified atom stereocenters. The number of amides is 1. The van der Waals surface area contributed by atoms with E-state index in [1.165, 1.54) is 24.1 Å². The van der Waals surface area contributed by atoms with E-state index in [2.05, 4.69) is 4.74 Å². The number of hydrogen-bond donors (Lipinski definition) is 0. The molecule has 1 aromatic carbocycles. The third kappa shape index (κ3) is 2.96. The molecular weight excluding hydrogens is 265 g/mol. The van der Waals surface area contributed by atoms with Crippen LogP contribution in [0.4, 0.5) is 4.39 Å². The van der Waals surface area contributed by atoms with Crippen LogP contribution in [0.5, 0.6) is 0 Å². The lowest BCUT2D eigenvalue weighted by molar-refractivity contribution is -0.158. The molecule has 1 aliphatic heterocycles. The molecule has 5 nitrogen and oxygen atoms in total. The average molecular weight is 281 g/mol. The molecule has 0 aromatic heterocycles. The topological polar surface area (TPSA) is 55.8 Å². The summed E-state index contributed by atoms with van der Waals surface area (Å²) < 4.78 is 23.6. The van der Waals surface area contributed by atoms with Crippen molar-refractivity contribution in [1.82, 2.24) is 4.90 Å². The van der Waals surface area contributed by atoms with Gasteiger partial charge in [-0.25, -0.2) is 9.18 Å². The van der Waals surface area contributed by atoms with Crippen LogP contribution < -0.4 is 0 Å². The van der Waals surface area contributed by atoms with Crippen molar-refractivity contribution in [3.05, 3.63) is 35.1 Å². The number of aryl methyl sites for hydroxylation is 1. The van der Waals surface area contributed by atoms with Gasteiger partial charge in [0.2, 0.25) is 0 Å². The van der Waals surface area contributed by atoms with Crippen molar-refractivity contribution in [2.24, 2.45) is 0 Å². The zero-order valence-corrected chi connectivity index (χ0v) is 11.4.